The van der Waals surface area contributed by atoms with Crippen molar-refractivity contribution < 1.29 is 20.4 Å². The molecule has 0 aliphatic heterocycles. The van der Waals surface area contributed by atoms with Gasteiger partial charge in [-0.05, 0) is 5.92 Å². The van der Waals surface area contributed by atoms with Crippen molar-refractivity contribution in [1.82, 2.24) is 0 Å². The minimum absolute atomic E-state index is 0.110. The summed E-state index contributed by atoms with van der Waals surface area (Å²) in [6, 6.07) is 0. The number of aliphatic hydroxyl groups is 4. The summed E-state index contributed by atoms with van der Waals surface area (Å²) in [5.41, 5.74) is 0.117. The first kappa shape index (κ1) is 14.5. The van der Waals surface area contributed by atoms with Crippen LogP contribution in [-0.4, -0.2) is 51.1 Å². The third kappa shape index (κ3) is 3.87. The first-order valence-corrected chi connectivity index (χ1v) is 5.06. The Morgan fingerprint density at radius 1 is 1.13 bits per heavy atom. The number of hydrogen-bond acceptors (Lipinski definition) is 5. The van der Waals surface area contributed by atoms with Crippen molar-refractivity contribution in [2.24, 2.45) is 11.8 Å². The average Bonchev–Trinajstić information content (AvgIpc) is 2.23. The van der Waals surface area contributed by atoms with Crippen molar-refractivity contribution in [3.8, 4) is 0 Å². The predicted molar refractivity (Wildman–Crippen MR) is 56.8 cm³/mol. The molecule has 0 spiro atoms. The lowest BCUT2D eigenvalue weighted by atomic mass is 9.88. The van der Waals surface area contributed by atoms with Crippen LogP contribution in [0.4, 0.5) is 0 Å². The molecule has 5 nitrogen and oxygen atoms in total. The Bertz CT molecular complexity index is 208. The standard InChI is InChI=1S/C10H21NO4/c1-5(2)8(11)10(15)6(3)9(14)7(13)4-12/h5-7,9-15H,4H2,1-3H3. The number of hydrogen-bond donors (Lipinski definition) is 5. The number of rotatable bonds is 6. The Labute approximate surface area is 89.9 Å². The Kier molecular flexibility index (Phi) is 5.97. The maximum absolute atomic E-state index is 9.69. The Hall–Kier alpha value is -0.490. The molecule has 15 heavy (non-hydrogen) atoms. The fraction of sp³-hybridized carbons (Fsp3) is 0.900. The molecule has 0 bridgehead atoms. The van der Waals surface area contributed by atoms with E-state index in [2.05, 4.69) is 0 Å². The minimum Gasteiger partial charge on any atom is -0.394 e. The molecule has 0 aromatic heterocycles. The molecule has 0 saturated carbocycles. The lowest BCUT2D eigenvalue weighted by Crippen LogP contribution is -2.43. The lowest BCUT2D eigenvalue weighted by Gasteiger charge is -2.28. The number of nitrogens with one attached hydrogen (secondary N) is 1. The van der Waals surface area contributed by atoms with E-state index in [0.29, 0.717) is 0 Å². The van der Waals surface area contributed by atoms with Crippen molar-refractivity contribution in [2.45, 2.75) is 39.1 Å². The van der Waals surface area contributed by atoms with Crippen molar-refractivity contribution in [3.63, 3.8) is 0 Å². The highest BCUT2D eigenvalue weighted by Crippen LogP contribution is 2.16. The molecule has 90 valence electrons. The smallest absolute Gasteiger partial charge is 0.103 e. The highest BCUT2D eigenvalue weighted by molar-refractivity contribution is 5.87. The van der Waals surface area contributed by atoms with E-state index in [1.807, 2.05) is 0 Å². The van der Waals surface area contributed by atoms with E-state index in [1.54, 1.807) is 13.8 Å². The van der Waals surface area contributed by atoms with Crippen molar-refractivity contribution in [2.75, 3.05) is 6.61 Å². The van der Waals surface area contributed by atoms with Gasteiger partial charge in [0, 0.05) is 11.6 Å². The summed E-state index contributed by atoms with van der Waals surface area (Å²) in [4.78, 5) is 0. The summed E-state index contributed by atoms with van der Waals surface area (Å²) >= 11 is 0. The van der Waals surface area contributed by atoms with Gasteiger partial charge in [-0.25, -0.2) is 0 Å². The van der Waals surface area contributed by atoms with Gasteiger partial charge in [-0.3, -0.25) is 0 Å². The Balaban J connectivity index is 4.43. The van der Waals surface area contributed by atoms with Gasteiger partial charge < -0.3 is 25.8 Å². The van der Waals surface area contributed by atoms with E-state index < -0.39 is 30.8 Å². The number of aliphatic hydroxyl groups excluding tert-OH is 4. The van der Waals surface area contributed by atoms with Crippen LogP contribution in [0.3, 0.4) is 0 Å². The average molecular weight is 219 g/mol. The molecule has 4 unspecified atom stereocenters. The van der Waals surface area contributed by atoms with Gasteiger partial charge >= 0.3 is 0 Å². The van der Waals surface area contributed by atoms with Gasteiger partial charge in [-0.1, -0.05) is 20.8 Å². The molecule has 0 fully saturated rings. The molecule has 0 radical (unpaired) electrons. The van der Waals surface area contributed by atoms with Crippen LogP contribution in [0.2, 0.25) is 0 Å². The summed E-state index contributed by atoms with van der Waals surface area (Å²) < 4.78 is 0. The third-order valence-electron chi connectivity index (χ3n) is 2.56. The van der Waals surface area contributed by atoms with Crippen molar-refractivity contribution >= 4 is 5.71 Å². The normalized spacial score (nSPS) is 19.7. The van der Waals surface area contributed by atoms with Crippen LogP contribution in [0.15, 0.2) is 0 Å². The fourth-order valence-electron chi connectivity index (χ4n) is 1.27. The summed E-state index contributed by atoms with van der Waals surface area (Å²) in [6.45, 7) is 4.51. The van der Waals surface area contributed by atoms with Gasteiger partial charge in [-0.2, -0.15) is 0 Å². The molecule has 0 amide bonds. The second-order valence-corrected chi connectivity index (χ2v) is 4.15. The van der Waals surface area contributed by atoms with Crippen LogP contribution in [0.1, 0.15) is 20.8 Å². The molecule has 0 saturated heterocycles. The molecule has 5 heteroatoms. The lowest BCUT2D eigenvalue weighted by molar-refractivity contribution is -0.0582. The van der Waals surface area contributed by atoms with Crippen LogP contribution in [0.25, 0.3) is 0 Å². The molecule has 4 atom stereocenters. The van der Waals surface area contributed by atoms with Crippen LogP contribution >= 0.6 is 0 Å². The van der Waals surface area contributed by atoms with Gasteiger partial charge in [-0.15, -0.1) is 0 Å². The molecule has 0 heterocycles. The van der Waals surface area contributed by atoms with Crippen LogP contribution < -0.4 is 0 Å². The Morgan fingerprint density at radius 2 is 1.60 bits per heavy atom. The SMILES string of the molecule is CC(C)C(=N)C(O)C(C)C(O)C(O)CO. The molecule has 5 N–H and O–H groups in total. The molecule has 0 aliphatic rings. The zero-order valence-corrected chi connectivity index (χ0v) is 9.38. The largest absolute Gasteiger partial charge is 0.394 e. The summed E-state index contributed by atoms with van der Waals surface area (Å²) in [7, 11) is 0. The third-order valence-corrected chi connectivity index (χ3v) is 2.56. The van der Waals surface area contributed by atoms with Gasteiger partial charge in [0.2, 0.25) is 0 Å². The maximum atomic E-state index is 9.69. The highest BCUT2D eigenvalue weighted by Gasteiger charge is 2.30. The summed E-state index contributed by atoms with van der Waals surface area (Å²) in [5.74, 6) is -0.789. The van der Waals surface area contributed by atoms with Crippen molar-refractivity contribution in [3.05, 3.63) is 0 Å². The van der Waals surface area contributed by atoms with Gasteiger partial charge in [0.05, 0.1) is 18.8 Å². The maximum Gasteiger partial charge on any atom is 0.103 e. The first-order chi connectivity index (χ1) is 6.82. The van der Waals surface area contributed by atoms with Crippen LogP contribution in [0, 0.1) is 17.2 Å². The van der Waals surface area contributed by atoms with E-state index in [9.17, 15) is 15.3 Å². The zero-order valence-electron chi connectivity index (χ0n) is 9.38. The van der Waals surface area contributed by atoms with Crippen LogP contribution in [-0.2, 0) is 0 Å². The predicted octanol–water partition coefficient (Wildman–Crippen LogP) is -0.627. The van der Waals surface area contributed by atoms with Crippen molar-refractivity contribution in [1.29, 1.82) is 5.41 Å². The van der Waals surface area contributed by atoms with E-state index in [-0.39, 0.29) is 11.6 Å². The quantitative estimate of drug-likeness (QED) is 0.384. The minimum atomic E-state index is -1.28. The zero-order chi connectivity index (χ0) is 12.2. The molecule has 0 aromatic rings. The van der Waals surface area contributed by atoms with E-state index in [0.717, 1.165) is 0 Å². The fourth-order valence-corrected chi connectivity index (χ4v) is 1.27. The topological polar surface area (TPSA) is 105 Å². The molecule has 0 rings (SSSR count). The van der Waals surface area contributed by atoms with E-state index >= 15 is 0 Å². The second-order valence-electron chi connectivity index (χ2n) is 4.15. The molecule has 0 aromatic carbocycles. The van der Waals surface area contributed by atoms with Crippen LogP contribution in [0.5, 0.6) is 0 Å². The molecule has 0 aliphatic carbocycles. The van der Waals surface area contributed by atoms with E-state index in [4.69, 9.17) is 10.5 Å². The Morgan fingerprint density at radius 3 is 1.93 bits per heavy atom. The summed E-state index contributed by atoms with van der Waals surface area (Å²) in [5, 5.41) is 44.6. The molecular formula is C10H21NO4. The first-order valence-electron chi connectivity index (χ1n) is 5.06. The van der Waals surface area contributed by atoms with Gasteiger partial charge in [0.1, 0.15) is 6.10 Å². The molecular weight excluding hydrogens is 198 g/mol. The monoisotopic (exact) mass is 219 g/mol. The highest BCUT2D eigenvalue weighted by atomic mass is 16.4. The van der Waals surface area contributed by atoms with E-state index in [1.165, 1.54) is 6.92 Å². The van der Waals surface area contributed by atoms with Gasteiger partial charge in [0.15, 0.2) is 0 Å². The second kappa shape index (κ2) is 6.17. The summed E-state index contributed by atoms with van der Waals surface area (Å²) in [6.07, 6.45) is -3.61. The van der Waals surface area contributed by atoms with Gasteiger partial charge in [0.25, 0.3) is 0 Å².